The number of thioether (sulfide) groups is 1. The molecule has 0 radical (unpaired) electrons. The third-order valence-corrected chi connectivity index (χ3v) is 4.28. The maximum absolute atomic E-state index is 12.2. The van der Waals surface area contributed by atoms with Gasteiger partial charge in [0.1, 0.15) is 23.2 Å². The summed E-state index contributed by atoms with van der Waals surface area (Å²) in [7, 11) is 0. The molecule has 3 aromatic heterocycles. The van der Waals surface area contributed by atoms with E-state index in [2.05, 4.69) is 15.3 Å². The monoisotopic (exact) mass is 364 g/mol. The highest BCUT2D eigenvalue weighted by molar-refractivity contribution is 7.98. The molecule has 3 heterocycles. The molecule has 0 spiro atoms. The van der Waals surface area contributed by atoms with Gasteiger partial charge in [0.25, 0.3) is 5.76 Å². The number of rotatable bonds is 8. The van der Waals surface area contributed by atoms with Crippen LogP contribution in [-0.2, 0) is 18.8 Å². The molecule has 0 aromatic carbocycles. The average Bonchev–Trinajstić information content (AvgIpc) is 3.23. The van der Waals surface area contributed by atoms with Gasteiger partial charge in [0, 0.05) is 25.1 Å². The van der Waals surface area contributed by atoms with Gasteiger partial charge < -0.3 is 9.73 Å². The number of nitrogens with one attached hydrogen (secondary N) is 1. The molecule has 5 nitrogen and oxygen atoms in total. The summed E-state index contributed by atoms with van der Waals surface area (Å²) in [4.78, 5) is 8.62. The van der Waals surface area contributed by atoms with Crippen molar-refractivity contribution in [3.05, 3.63) is 65.8 Å². The lowest BCUT2D eigenvalue weighted by molar-refractivity contribution is 0.251. The summed E-state index contributed by atoms with van der Waals surface area (Å²) in [5.41, 5.74) is 1.04. The minimum absolute atomic E-state index is 0.177. The molecule has 0 amide bonds. The largest absolute Gasteiger partial charge is 0.464 e. The van der Waals surface area contributed by atoms with Crippen molar-refractivity contribution in [2.24, 2.45) is 0 Å². The fourth-order valence-electron chi connectivity index (χ4n) is 2.35. The first-order chi connectivity index (χ1) is 12.1. The normalized spacial score (nSPS) is 11.4. The number of aromatic nitrogens is 3. The molecule has 0 atom stereocenters. The van der Waals surface area contributed by atoms with Gasteiger partial charge in [-0.05, 0) is 30.7 Å². The molecule has 0 saturated carbocycles. The van der Waals surface area contributed by atoms with E-state index in [1.807, 2.05) is 36.0 Å². The van der Waals surface area contributed by atoms with Crippen LogP contribution in [0.2, 0.25) is 0 Å². The molecule has 0 aliphatic rings. The quantitative estimate of drug-likeness (QED) is 0.657. The van der Waals surface area contributed by atoms with Crippen molar-refractivity contribution in [1.82, 2.24) is 19.9 Å². The molecule has 0 bridgehead atoms. The SMILES string of the molecule is Cc1nccn1-c1ccc(CNCc2ccc(CSC(F)F)o2)cn1. The number of hydrogen-bond donors (Lipinski definition) is 1. The van der Waals surface area contributed by atoms with E-state index < -0.39 is 5.76 Å². The molecular formula is C17H18F2N4OS. The van der Waals surface area contributed by atoms with Gasteiger partial charge in [-0.15, -0.1) is 0 Å². The van der Waals surface area contributed by atoms with Crippen molar-refractivity contribution in [3.63, 3.8) is 0 Å². The van der Waals surface area contributed by atoms with Crippen molar-refractivity contribution in [1.29, 1.82) is 0 Å². The van der Waals surface area contributed by atoms with E-state index in [9.17, 15) is 8.78 Å². The van der Waals surface area contributed by atoms with E-state index in [0.29, 0.717) is 30.6 Å². The topological polar surface area (TPSA) is 55.9 Å². The Kier molecular flexibility index (Phi) is 5.83. The Morgan fingerprint density at radius 1 is 1.16 bits per heavy atom. The molecule has 0 aliphatic heterocycles. The lowest BCUT2D eigenvalue weighted by Crippen LogP contribution is -2.12. The number of imidazole rings is 1. The highest BCUT2D eigenvalue weighted by Crippen LogP contribution is 2.21. The Bertz CT molecular complexity index is 801. The predicted molar refractivity (Wildman–Crippen MR) is 92.6 cm³/mol. The number of pyridine rings is 1. The van der Waals surface area contributed by atoms with Crippen molar-refractivity contribution in [3.8, 4) is 5.82 Å². The first-order valence-electron chi connectivity index (χ1n) is 7.75. The van der Waals surface area contributed by atoms with E-state index in [1.165, 1.54) is 0 Å². The summed E-state index contributed by atoms with van der Waals surface area (Å²) < 4.78 is 31.7. The number of furan rings is 1. The second kappa shape index (κ2) is 8.26. The summed E-state index contributed by atoms with van der Waals surface area (Å²) in [5.74, 6) is 0.792. The maximum atomic E-state index is 12.2. The van der Waals surface area contributed by atoms with E-state index in [1.54, 1.807) is 18.3 Å². The molecule has 0 unspecified atom stereocenters. The summed E-state index contributed by atoms with van der Waals surface area (Å²) in [5, 5.41) is 3.25. The number of aryl methyl sites for hydroxylation is 1. The van der Waals surface area contributed by atoms with Gasteiger partial charge in [0.15, 0.2) is 0 Å². The van der Waals surface area contributed by atoms with Crippen molar-refractivity contribution >= 4 is 11.8 Å². The van der Waals surface area contributed by atoms with Crippen LogP contribution in [0.5, 0.6) is 0 Å². The Balaban J connectivity index is 1.48. The summed E-state index contributed by atoms with van der Waals surface area (Å²) in [6.07, 6.45) is 5.43. The average molecular weight is 364 g/mol. The lowest BCUT2D eigenvalue weighted by Gasteiger charge is -2.06. The predicted octanol–water partition coefficient (Wildman–Crippen LogP) is 3.91. The van der Waals surface area contributed by atoms with Crippen LogP contribution in [-0.4, -0.2) is 20.3 Å². The van der Waals surface area contributed by atoms with Crippen LogP contribution in [0.4, 0.5) is 8.78 Å². The van der Waals surface area contributed by atoms with Crippen LogP contribution in [0.25, 0.3) is 5.82 Å². The van der Waals surface area contributed by atoms with Crippen LogP contribution in [0, 0.1) is 6.92 Å². The van der Waals surface area contributed by atoms with Crippen LogP contribution >= 0.6 is 11.8 Å². The first kappa shape index (κ1) is 17.6. The van der Waals surface area contributed by atoms with Gasteiger partial charge in [-0.1, -0.05) is 17.8 Å². The highest BCUT2D eigenvalue weighted by atomic mass is 32.2. The zero-order valence-electron chi connectivity index (χ0n) is 13.7. The highest BCUT2D eigenvalue weighted by Gasteiger charge is 2.07. The van der Waals surface area contributed by atoms with Crippen LogP contribution in [0.3, 0.4) is 0 Å². The molecule has 25 heavy (non-hydrogen) atoms. The van der Waals surface area contributed by atoms with E-state index >= 15 is 0 Å². The number of hydrogen-bond acceptors (Lipinski definition) is 5. The second-order valence-electron chi connectivity index (χ2n) is 5.41. The van der Waals surface area contributed by atoms with Crippen LogP contribution in [0.1, 0.15) is 22.9 Å². The van der Waals surface area contributed by atoms with Crippen molar-refractivity contribution < 1.29 is 13.2 Å². The third kappa shape index (κ3) is 4.90. The van der Waals surface area contributed by atoms with Gasteiger partial charge in [-0.3, -0.25) is 4.57 Å². The molecule has 132 valence electrons. The molecule has 0 fully saturated rings. The molecule has 0 saturated heterocycles. The minimum atomic E-state index is -2.38. The number of halogens is 2. The van der Waals surface area contributed by atoms with Gasteiger partial charge in [0.05, 0.1) is 12.3 Å². The minimum Gasteiger partial charge on any atom is -0.464 e. The van der Waals surface area contributed by atoms with E-state index in [0.717, 1.165) is 23.0 Å². The van der Waals surface area contributed by atoms with Crippen molar-refractivity contribution in [2.75, 3.05) is 0 Å². The Labute approximate surface area is 148 Å². The zero-order valence-corrected chi connectivity index (χ0v) is 14.5. The Morgan fingerprint density at radius 2 is 2.00 bits per heavy atom. The van der Waals surface area contributed by atoms with Crippen molar-refractivity contribution in [2.45, 2.75) is 31.5 Å². The molecule has 3 aromatic rings. The third-order valence-electron chi connectivity index (χ3n) is 3.58. The van der Waals surface area contributed by atoms with E-state index in [4.69, 9.17) is 4.42 Å². The second-order valence-corrected chi connectivity index (χ2v) is 6.39. The molecule has 0 aliphatic carbocycles. The zero-order chi connectivity index (χ0) is 17.6. The van der Waals surface area contributed by atoms with Gasteiger partial charge in [-0.25, -0.2) is 9.97 Å². The number of nitrogens with zero attached hydrogens (tertiary/aromatic N) is 3. The number of alkyl halides is 2. The molecule has 8 heteroatoms. The summed E-state index contributed by atoms with van der Waals surface area (Å²) in [6, 6.07) is 7.48. The Morgan fingerprint density at radius 3 is 2.68 bits per heavy atom. The molecular weight excluding hydrogens is 346 g/mol. The van der Waals surface area contributed by atoms with Gasteiger partial charge in [0.2, 0.25) is 0 Å². The fourth-order valence-corrected chi connectivity index (χ4v) is 2.80. The molecule has 3 rings (SSSR count). The fraction of sp³-hybridized carbons (Fsp3) is 0.294. The van der Waals surface area contributed by atoms with Crippen LogP contribution in [0.15, 0.2) is 47.3 Å². The Hall–Kier alpha value is -2.19. The lowest BCUT2D eigenvalue weighted by atomic mass is 10.2. The first-order valence-corrected chi connectivity index (χ1v) is 8.80. The van der Waals surface area contributed by atoms with Gasteiger partial charge in [-0.2, -0.15) is 8.78 Å². The standard InChI is InChI=1S/C17H18F2N4OS/c1-12-21-6-7-23(12)16-5-2-13(9-22-16)8-20-10-14-3-4-15(24-14)11-25-17(18)19/h2-7,9,17,20H,8,10-11H2,1H3. The molecule has 1 N–H and O–H groups in total. The maximum Gasteiger partial charge on any atom is 0.284 e. The van der Waals surface area contributed by atoms with E-state index in [-0.39, 0.29) is 5.75 Å². The van der Waals surface area contributed by atoms with Gasteiger partial charge >= 0.3 is 0 Å². The smallest absolute Gasteiger partial charge is 0.284 e. The summed E-state index contributed by atoms with van der Waals surface area (Å²) >= 11 is 0.557. The van der Waals surface area contributed by atoms with Crippen LogP contribution < -0.4 is 5.32 Å². The summed E-state index contributed by atoms with van der Waals surface area (Å²) in [6.45, 7) is 3.09.